The molecule has 1 N–H and O–H groups in total. The van der Waals surface area contributed by atoms with Gasteiger partial charge in [-0.1, -0.05) is 53.0 Å². The van der Waals surface area contributed by atoms with Crippen LogP contribution in [-0.4, -0.2) is 0 Å². The van der Waals surface area contributed by atoms with Crippen molar-refractivity contribution in [3.63, 3.8) is 0 Å². The largest absolute Gasteiger partial charge is 0.489 e. The molecule has 0 aromatic heterocycles. The second-order valence-corrected chi connectivity index (χ2v) is 6.84. The molecule has 0 radical (unpaired) electrons. The Bertz CT molecular complexity index is 880. The summed E-state index contributed by atoms with van der Waals surface area (Å²) < 4.78 is 19.4. The zero-order valence-electron chi connectivity index (χ0n) is 13.6. The van der Waals surface area contributed by atoms with Gasteiger partial charge in [0.1, 0.15) is 18.2 Å². The van der Waals surface area contributed by atoms with Gasteiger partial charge in [-0.25, -0.2) is 4.39 Å². The van der Waals surface area contributed by atoms with Crippen molar-refractivity contribution in [1.29, 1.82) is 0 Å². The van der Waals surface area contributed by atoms with Crippen LogP contribution in [0.25, 0.3) is 0 Å². The standard InChI is InChI=1S/C20H15Cl3FNO/c21-17-2-1-3-20(24)16(17)12-26-15-7-4-13(5-8-15)11-25-14-6-9-18(22)19(23)10-14/h1-10,25H,11-12H2. The Morgan fingerprint density at radius 3 is 2.31 bits per heavy atom. The molecule has 134 valence electrons. The number of ether oxygens (including phenoxy) is 1. The van der Waals surface area contributed by atoms with Gasteiger partial charge in [0.15, 0.2) is 0 Å². The van der Waals surface area contributed by atoms with Gasteiger partial charge in [-0.05, 0) is 48.0 Å². The third kappa shape index (κ3) is 4.82. The van der Waals surface area contributed by atoms with Crippen molar-refractivity contribution < 1.29 is 9.13 Å². The highest BCUT2D eigenvalue weighted by atomic mass is 35.5. The van der Waals surface area contributed by atoms with Crippen molar-refractivity contribution in [3.8, 4) is 5.75 Å². The molecule has 0 unspecified atom stereocenters. The lowest BCUT2D eigenvalue weighted by atomic mass is 10.2. The van der Waals surface area contributed by atoms with Crippen molar-refractivity contribution in [2.24, 2.45) is 0 Å². The molecule has 0 heterocycles. The van der Waals surface area contributed by atoms with E-state index < -0.39 is 0 Å². The average molecular weight is 411 g/mol. The average Bonchev–Trinajstić information content (AvgIpc) is 2.63. The molecule has 6 heteroatoms. The summed E-state index contributed by atoms with van der Waals surface area (Å²) in [5.41, 5.74) is 2.29. The predicted octanol–water partition coefficient (Wildman–Crippen LogP) is 6.98. The Kier molecular flexibility index (Phi) is 6.25. The topological polar surface area (TPSA) is 21.3 Å². The highest BCUT2D eigenvalue weighted by molar-refractivity contribution is 6.42. The summed E-state index contributed by atoms with van der Waals surface area (Å²) in [4.78, 5) is 0. The molecule has 2 nitrogen and oxygen atoms in total. The normalized spacial score (nSPS) is 10.6. The molecule has 0 aliphatic carbocycles. The van der Waals surface area contributed by atoms with Crippen LogP contribution in [0.3, 0.4) is 0 Å². The van der Waals surface area contributed by atoms with Crippen molar-refractivity contribution in [3.05, 3.63) is 92.7 Å². The SMILES string of the molecule is Fc1cccc(Cl)c1COc1ccc(CNc2ccc(Cl)c(Cl)c2)cc1. The fourth-order valence-corrected chi connectivity index (χ4v) is 2.86. The summed E-state index contributed by atoms with van der Waals surface area (Å²) in [5.74, 6) is 0.266. The Balaban J connectivity index is 1.57. The highest BCUT2D eigenvalue weighted by Gasteiger charge is 2.07. The van der Waals surface area contributed by atoms with E-state index in [1.807, 2.05) is 30.3 Å². The molecule has 3 aromatic carbocycles. The van der Waals surface area contributed by atoms with E-state index >= 15 is 0 Å². The molecule has 0 aliphatic rings. The molecule has 26 heavy (non-hydrogen) atoms. The summed E-state index contributed by atoms with van der Waals surface area (Å²) in [5, 5.41) is 4.65. The van der Waals surface area contributed by atoms with Crippen molar-refractivity contribution in [2.75, 3.05) is 5.32 Å². The van der Waals surface area contributed by atoms with Crippen LogP contribution in [0.15, 0.2) is 60.7 Å². The number of hydrogen-bond donors (Lipinski definition) is 1. The minimum Gasteiger partial charge on any atom is -0.489 e. The van der Waals surface area contributed by atoms with Gasteiger partial charge in [0.2, 0.25) is 0 Å². The second-order valence-electron chi connectivity index (χ2n) is 5.62. The van der Waals surface area contributed by atoms with Crippen LogP contribution in [0.5, 0.6) is 5.75 Å². The molecule has 0 saturated heterocycles. The number of nitrogens with one attached hydrogen (secondary N) is 1. The summed E-state index contributed by atoms with van der Waals surface area (Å²) in [6.07, 6.45) is 0. The maximum absolute atomic E-state index is 13.7. The maximum atomic E-state index is 13.7. The van der Waals surface area contributed by atoms with E-state index in [9.17, 15) is 4.39 Å². The molecule has 0 saturated carbocycles. The van der Waals surface area contributed by atoms with Gasteiger partial charge in [-0.2, -0.15) is 0 Å². The van der Waals surface area contributed by atoms with E-state index in [2.05, 4.69) is 5.32 Å². The molecular weight excluding hydrogens is 396 g/mol. The third-order valence-corrected chi connectivity index (χ3v) is 4.88. The van der Waals surface area contributed by atoms with Gasteiger partial charge < -0.3 is 10.1 Å². The first-order valence-electron chi connectivity index (χ1n) is 7.86. The minimum atomic E-state index is -0.375. The van der Waals surface area contributed by atoms with Gasteiger partial charge in [0.25, 0.3) is 0 Å². The summed E-state index contributed by atoms with van der Waals surface area (Å²) in [6.45, 7) is 0.698. The monoisotopic (exact) mass is 409 g/mol. The lowest BCUT2D eigenvalue weighted by Crippen LogP contribution is -2.01. The van der Waals surface area contributed by atoms with Crippen LogP contribution < -0.4 is 10.1 Å². The number of rotatable bonds is 6. The van der Waals surface area contributed by atoms with E-state index in [0.717, 1.165) is 11.3 Å². The molecule has 0 aliphatic heterocycles. The fourth-order valence-electron chi connectivity index (χ4n) is 2.34. The summed E-state index contributed by atoms with van der Waals surface area (Å²) >= 11 is 17.9. The first-order chi connectivity index (χ1) is 12.5. The fraction of sp³-hybridized carbons (Fsp3) is 0.100. The summed E-state index contributed by atoms with van der Waals surface area (Å²) in [6, 6.07) is 17.5. The van der Waals surface area contributed by atoms with Crippen LogP contribution in [0.4, 0.5) is 10.1 Å². The third-order valence-electron chi connectivity index (χ3n) is 3.78. The van der Waals surface area contributed by atoms with E-state index in [0.29, 0.717) is 32.9 Å². The zero-order valence-corrected chi connectivity index (χ0v) is 15.9. The predicted molar refractivity (Wildman–Crippen MR) is 106 cm³/mol. The molecule has 0 atom stereocenters. The van der Waals surface area contributed by atoms with Crippen molar-refractivity contribution in [1.82, 2.24) is 0 Å². The van der Waals surface area contributed by atoms with Crippen LogP contribution in [0, 0.1) is 5.82 Å². The van der Waals surface area contributed by atoms with Gasteiger partial charge >= 0.3 is 0 Å². The molecular formula is C20H15Cl3FNO. The van der Waals surface area contributed by atoms with Gasteiger partial charge in [0, 0.05) is 17.8 Å². The Morgan fingerprint density at radius 1 is 0.846 bits per heavy atom. The van der Waals surface area contributed by atoms with Gasteiger partial charge in [-0.3, -0.25) is 0 Å². The Hall–Kier alpha value is -1.94. The Labute approximate surface area is 166 Å². The molecule has 3 aromatic rings. The lowest BCUT2D eigenvalue weighted by molar-refractivity contribution is 0.300. The van der Waals surface area contributed by atoms with Crippen molar-refractivity contribution in [2.45, 2.75) is 13.2 Å². The second kappa shape index (κ2) is 8.63. The van der Waals surface area contributed by atoms with Crippen LogP contribution in [-0.2, 0) is 13.2 Å². The molecule has 0 bridgehead atoms. The lowest BCUT2D eigenvalue weighted by Gasteiger charge is -2.10. The van der Waals surface area contributed by atoms with Crippen LogP contribution in [0.1, 0.15) is 11.1 Å². The van der Waals surface area contributed by atoms with Gasteiger partial charge in [0.05, 0.1) is 15.1 Å². The summed E-state index contributed by atoms with van der Waals surface area (Å²) in [7, 11) is 0. The van der Waals surface area contributed by atoms with E-state index in [-0.39, 0.29) is 12.4 Å². The molecule has 0 spiro atoms. The number of benzene rings is 3. The minimum absolute atomic E-state index is 0.0758. The van der Waals surface area contributed by atoms with E-state index in [1.165, 1.54) is 6.07 Å². The smallest absolute Gasteiger partial charge is 0.131 e. The number of anilines is 1. The molecule has 3 rings (SSSR count). The van der Waals surface area contributed by atoms with Gasteiger partial charge in [-0.15, -0.1) is 0 Å². The zero-order chi connectivity index (χ0) is 18.5. The van der Waals surface area contributed by atoms with Crippen LogP contribution >= 0.6 is 34.8 Å². The Morgan fingerprint density at radius 2 is 1.62 bits per heavy atom. The quantitative estimate of drug-likeness (QED) is 0.473. The van der Waals surface area contributed by atoms with E-state index in [4.69, 9.17) is 39.5 Å². The van der Waals surface area contributed by atoms with Crippen molar-refractivity contribution >= 4 is 40.5 Å². The van der Waals surface area contributed by atoms with E-state index in [1.54, 1.807) is 24.3 Å². The molecule has 0 amide bonds. The number of hydrogen-bond acceptors (Lipinski definition) is 2. The maximum Gasteiger partial charge on any atom is 0.131 e. The first kappa shape index (κ1) is 18.8. The highest BCUT2D eigenvalue weighted by Crippen LogP contribution is 2.26. The first-order valence-corrected chi connectivity index (χ1v) is 9.00. The molecule has 0 fully saturated rings. The van der Waals surface area contributed by atoms with Crippen LogP contribution in [0.2, 0.25) is 15.1 Å². The number of halogens is 4.